The van der Waals surface area contributed by atoms with E-state index in [0.29, 0.717) is 6.42 Å². The molecule has 4 nitrogen and oxygen atoms in total. The predicted molar refractivity (Wildman–Crippen MR) is 90.2 cm³/mol. The number of aryl methyl sites for hydroxylation is 2. The van der Waals surface area contributed by atoms with Gasteiger partial charge in [0.15, 0.2) is 0 Å². The Balaban J connectivity index is 2.13. The molecule has 1 aliphatic heterocycles. The summed E-state index contributed by atoms with van der Waals surface area (Å²) in [7, 11) is 2.15. The molecule has 0 amide bonds. The Hall–Kier alpha value is -2.12. The molecule has 3 rings (SSSR count). The first-order valence-corrected chi connectivity index (χ1v) is 7.80. The number of aromatic nitrogens is 1. The van der Waals surface area contributed by atoms with Crippen molar-refractivity contribution in [3.63, 3.8) is 0 Å². The second kappa shape index (κ2) is 5.94. The second-order valence-electron chi connectivity index (χ2n) is 6.19. The van der Waals surface area contributed by atoms with Gasteiger partial charge in [-0.15, -0.1) is 0 Å². The molecule has 0 radical (unpaired) electrons. The lowest BCUT2D eigenvalue weighted by Gasteiger charge is -2.34. The minimum absolute atomic E-state index is 0.415. The van der Waals surface area contributed by atoms with Crippen LogP contribution in [0.1, 0.15) is 16.7 Å². The molecule has 4 heteroatoms. The lowest BCUT2D eigenvalue weighted by atomic mass is 10.0. The SMILES string of the molecule is Cc1ccc(C)c2nc(N3CCN(C)CC3)c(CC#N)cc12. The molecule has 22 heavy (non-hydrogen) atoms. The number of nitriles is 1. The number of anilines is 1. The lowest BCUT2D eigenvalue weighted by molar-refractivity contribution is 0.312. The number of fused-ring (bicyclic) bond motifs is 1. The van der Waals surface area contributed by atoms with Crippen molar-refractivity contribution in [3.05, 3.63) is 34.9 Å². The van der Waals surface area contributed by atoms with Crippen LogP contribution in [0.5, 0.6) is 0 Å². The molecule has 0 unspecified atom stereocenters. The molecule has 1 fully saturated rings. The molecular formula is C18H22N4. The first-order chi connectivity index (χ1) is 10.6. The molecule has 0 saturated carbocycles. The Kier molecular flexibility index (Phi) is 4.00. The zero-order chi connectivity index (χ0) is 15.7. The van der Waals surface area contributed by atoms with Gasteiger partial charge in [-0.1, -0.05) is 12.1 Å². The summed E-state index contributed by atoms with van der Waals surface area (Å²) >= 11 is 0. The van der Waals surface area contributed by atoms with Gasteiger partial charge in [0.1, 0.15) is 5.82 Å². The number of piperazine rings is 1. The molecule has 2 heterocycles. The summed E-state index contributed by atoms with van der Waals surface area (Å²) in [5.41, 5.74) is 4.53. The van der Waals surface area contributed by atoms with Gasteiger partial charge in [-0.2, -0.15) is 5.26 Å². The predicted octanol–water partition coefficient (Wildman–Crippen LogP) is 2.67. The van der Waals surface area contributed by atoms with Crippen LogP contribution >= 0.6 is 0 Å². The molecule has 0 N–H and O–H groups in total. The molecule has 2 aromatic rings. The fraction of sp³-hybridized carbons (Fsp3) is 0.444. The number of hydrogen-bond donors (Lipinski definition) is 0. The van der Waals surface area contributed by atoms with Crippen molar-refractivity contribution < 1.29 is 0 Å². The number of rotatable bonds is 2. The van der Waals surface area contributed by atoms with E-state index in [1.165, 1.54) is 16.5 Å². The van der Waals surface area contributed by atoms with E-state index in [1.807, 2.05) is 0 Å². The van der Waals surface area contributed by atoms with Crippen molar-refractivity contribution in [1.29, 1.82) is 5.26 Å². The first-order valence-electron chi connectivity index (χ1n) is 7.80. The number of likely N-dealkylation sites (N-methyl/N-ethyl adjacent to an activating group) is 1. The monoisotopic (exact) mass is 294 g/mol. The van der Waals surface area contributed by atoms with Crippen LogP contribution in [-0.4, -0.2) is 43.1 Å². The molecule has 0 spiro atoms. The van der Waals surface area contributed by atoms with Gasteiger partial charge in [-0.05, 0) is 38.1 Å². The van der Waals surface area contributed by atoms with Gasteiger partial charge in [0.2, 0.25) is 0 Å². The molecule has 1 aromatic carbocycles. The highest BCUT2D eigenvalue weighted by Gasteiger charge is 2.19. The maximum atomic E-state index is 9.18. The van der Waals surface area contributed by atoms with Crippen LogP contribution in [0.25, 0.3) is 10.9 Å². The topological polar surface area (TPSA) is 43.2 Å². The summed E-state index contributed by atoms with van der Waals surface area (Å²) in [4.78, 5) is 9.62. The van der Waals surface area contributed by atoms with Crippen LogP contribution < -0.4 is 4.90 Å². The molecule has 0 bridgehead atoms. The minimum Gasteiger partial charge on any atom is -0.354 e. The molecule has 0 atom stereocenters. The van der Waals surface area contributed by atoms with Crippen LogP contribution in [0.4, 0.5) is 5.82 Å². The minimum atomic E-state index is 0.415. The van der Waals surface area contributed by atoms with Crippen molar-refractivity contribution >= 4 is 16.7 Å². The van der Waals surface area contributed by atoms with Crippen LogP contribution in [0, 0.1) is 25.2 Å². The normalized spacial score (nSPS) is 16.0. The third kappa shape index (κ3) is 2.65. The molecule has 1 aromatic heterocycles. The zero-order valence-electron chi connectivity index (χ0n) is 13.6. The van der Waals surface area contributed by atoms with Crippen molar-refractivity contribution in [2.24, 2.45) is 0 Å². The van der Waals surface area contributed by atoms with E-state index in [2.05, 4.69) is 55.0 Å². The highest BCUT2D eigenvalue weighted by Crippen LogP contribution is 2.28. The first kappa shape index (κ1) is 14.8. The third-order valence-corrected chi connectivity index (χ3v) is 4.53. The number of pyridine rings is 1. The maximum Gasteiger partial charge on any atom is 0.133 e. The van der Waals surface area contributed by atoms with Crippen LogP contribution in [0.3, 0.4) is 0 Å². The number of hydrogen-bond acceptors (Lipinski definition) is 4. The van der Waals surface area contributed by atoms with Crippen LogP contribution in [0.15, 0.2) is 18.2 Å². The van der Waals surface area contributed by atoms with E-state index < -0.39 is 0 Å². The summed E-state index contributed by atoms with van der Waals surface area (Å²) in [5, 5.41) is 10.3. The van der Waals surface area contributed by atoms with Gasteiger partial charge in [-0.3, -0.25) is 0 Å². The molecule has 1 saturated heterocycles. The van der Waals surface area contributed by atoms with E-state index >= 15 is 0 Å². The average molecular weight is 294 g/mol. The average Bonchev–Trinajstić information content (AvgIpc) is 2.52. The van der Waals surface area contributed by atoms with E-state index in [4.69, 9.17) is 4.98 Å². The van der Waals surface area contributed by atoms with Crippen LogP contribution in [0.2, 0.25) is 0 Å². The Bertz CT molecular complexity index is 737. The van der Waals surface area contributed by atoms with E-state index in [0.717, 1.165) is 43.1 Å². The zero-order valence-corrected chi connectivity index (χ0v) is 13.6. The summed E-state index contributed by atoms with van der Waals surface area (Å²) in [6.45, 7) is 8.23. The highest BCUT2D eigenvalue weighted by molar-refractivity contribution is 5.87. The van der Waals surface area contributed by atoms with Crippen molar-refractivity contribution in [2.75, 3.05) is 38.1 Å². The van der Waals surface area contributed by atoms with Gasteiger partial charge in [0, 0.05) is 37.1 Å². The maximum absolute atomic E-state index is 9.18. The third-order valence-electron chi connectivity index (χ3n) is 4.53. The molecule has 0 aliphatic carbocycles. The van der Waals surface area contributed by atoms with Gasteiger partial charge < -0.3 is 9.80 Å². The smallest absolute Gasteiger partial charge is 0.133 e. The Morgan fingerprint density at radius 3 is 2.50 bits per heavy atom. The van der Waals surface area contributed by atoms with E-state index in [-0.39, 0.29) is 0 Å². The summed E-state index contributed by atoms with van der Waals surface area (Å²) in [6, 6.07) is 8.72. The van der Waals surface area contributed by atoms with Crippen molar-refractivity contribution in [2.45, 2.75) is 20.3 Å². The fourth-order valence-corrected chi connectivity index (χ4v) is 3.07. The highest BCUT2D eigenvalue weighted by atomic mass is 15.3. The lowest BCUT2D eigenvalue weighted by Crippen LogP contribution is -2.45. The Labute approximate surface area is 132 Å². The second-order valence-corrected chi connectivity index (χ2v) is 6.19. The van der Waals surface area contributed by atoms with Crippen molar-refractivity contribution in [3.8, 4) is 6.07 Å². The Morgan fingerprint density at radius 1 is 1.14 bits per heavy atom. The summed E-state index contributed by atoms with van der Waals surface area (Å²) in [6.07, 6.45) is 0.415. The van der Waals surface area contributed by atoms with Gasteiger partial charge in [0.05, 0.1) is 18.0 Å². The van der Waals surface area contributed by atoms with Crippen molar-refractivity contribution in [1.82, 2.24) is 9.88 Å². The molecule has 1 aliphatic rings. The Morgan fingerprint density at radius 2 is 1.82 bits per heavy atom. The standard InChI is InChI=1S/C18H22N4/c1-13-4-5-14(2)17-16(13)12-15(6-7-19)18(20-17)22-10-8-21(3)9-11-22/h4-5,12H,6,8-11H2,1-3H3. The van der Waals surface area contributed by atoms with Crippen LogP contribution in [-0.2, 0) is 6.42 Å². The van der Waals surface area contributed by atoms with Gasteiger partial charge >= 0.3 is 0 Å². The van der Waals surface area contributed by atoms with E-state index in [1.54, 1.807) is 0 Å². The quantitative estimate of drug-likeness (QED) is 0.854. The molecule has 114 valence electrons. The number of benzene rings is 1. The summed E-state index contributed by atoms with van der Waals surface area (Å²) < 4.78 is 0. The van der Waals surface area contributed by atoms with Gasteiger partial charge in [-0.25, -0.2) is 4.98 Å². The summed E-state index contributed by atoms with van der Waals surface area (Å²) in [5.74, 6) is 0.996. The van der Waals surface area contributed by atoms with Gasteiger partial charge in [0.25, 0.3) is 0 Å². The molecular weight excluding hydrogens is 272 g/mol. The van der Waals surface area contributed by atoms with E-state index in [9.17, 15) is 5.26 Å². The fourth-order valence-electron chi connectivity index (χ4n) is 3.07. The largest absolute Gasteiger partial charge is 0.354 e. The number of nitrogens with zero attached hydrogens (tertiary/aromatic N) is 4.